The molecule has 0 N–H and O–H groups in total. The first-order valence-electron chi connectivity index (χ1n) is 17.8. The highest BCUT2D eigenvalue weighted by atomic mass is 31.2. The van der Waals surface area contributed by atoms with Gasteiger partial charge in [0.15, 0.2) is 17.5 Å². The molecule has 2 heterocycles. The first-order valence-corrected chi connectivity index (χ1v) is 19.9. The summed E-state index contributed by atoms with van der Waals surface area (Å²) in [5.74, 6) is 1.91. The molecule has 0 fully saturated rings. The van der Waals surface area contributed by atoms with Gasteiger partial charge in [0.2, 0.25) is 0 Å². The molecule has 0 aliphatic carbocycles. The van der Waals surface area contributed by atoms with Gasteiger partial charge in [-0.1, -0.05) is 170 Å². The summed E-state index contributed by atoms with van der Waals surface area (Å²) in [6, 6.07) is 60.7. The molecule has 1 atom stereocenters. The van der Waals surface area contributed by atoms with Crippen LogP contribution in [0.1, 0.15) is 0 Å². The molecule has 8 aromatic carbocycles. The minimum absolute atomic E-state index is 0.626. The van der Waals surface area contributed by atoms with Gasteiger partial charge >= 0.3 is 0 Å². The predicted octanol–water partition coefficient (Wildman–Crippen LogP) is 11.4. The van der Waals surface area contributed by atoms with Gasteiger partial charge in [-0.15, -0.1) is 0 Å². The number of rotatable bonds is 5. The standard InChI is InChI=1S/C48H32N3OP/c1-53(52)42-23-13-12-18-36(42)37-29-28-35(30-43(37)53)45-40-21-10-8-19-38(40)44(39-20-9-11-22-41(39)45)31-24-26-34(27-25-31)48-50-46(32-14-4-2-5-15-32)49-47(51-48)33-16-6-3-7-17-33/h2-30H,1H3. The zero-order valence-corrected chi connectivity index (χ0v) is 29.8. The molecule has 4 nitrogen and oxygen atoms in total. The van der Waals surface area contributed by atoms with Crippen molar-refractivity contribution in [2.75, 3.05) is 6.66 Å². The van der Waals surface area contributed by atoms with Gasteiger partial charge in [0, 0.05) is 27.3 Å². The van der Waals surface area contributed by atoms with Crippen LogP contribution in [0.25, 0.3) is 89.1 Å². The Kier molecular flexibility index (Phi) is 7.28. The molecule has 10 rings (SSSR count). The number of hydrogen-bond donors (Lipinski definition) is 0. The van der Waals surface area contributed by atoms with E-state index in [9.17, 15) is 4.57 Å². The third kappa shape index (κ3) is 5.14. The summed E-state index contributed by atoms with van der Waals surface area (Å²) < 4.78 is 14.3. The van der Waals surface area contributed by atoms with E-state index < -0.39 is 7.14 Å². The average molecular weight is 698 g/mol. The van der Waals surface area contributed by atoms with Crippen LogP contribution in [0.3, 0.4) is 0 Å². The van der Waals surface area contributed by atoms with Crippen LogP contribution in [0, 0.1) is 0 Å². The molecule has 53 heavy (non-hydrogen) atoms. The molecule has 1 unspecified atom stereocenters. The van der Waals surface area contributed by atoms with Crippen LogP contribution in [0.2, 0.25) is 0 Å². The van der Waals surface area contributed by atoms with Gasteiger partial charge in [-0.3, -0.25) is 0 Å². The Morgan fingerprint density at radius 1 is 0.358 bits per heavy atom. The highest BCUT2D eigenvalue weighted by molar-refractivity contribution is 7.79. The second kappa shape index (κ2) is 12.3. The summed E-state index contributed by atoms with van der Waals surface area (Å²) in [5.41, 5.74) is 9.47. The first-order chi connectivity index (χ1) is 26.0. The normalized spacial score (nSPS) is 14.7. The van der Waals surface area contributed by atoms with E-state index in [-0.39, 0.29) is 0 Å². The fourth-order valence-electron chi connectivity index (χ4n) is 7.95. The van der Waals surface area contributed by atoms with Crippen LogP contribution in [-0.2, 0) is 4.57 Å². The Bertz CT molecular complexity index is 2810. The second-order valence-electron chi connectivity index (χ2n) is 13.6. The number of hydrogen-bond acceptors (Lipinski definition) is 4. The lowest BCUT2D eigenvalue weighted by molar-refractivity contribution is 0.591. The Morgan fingerprint density at radius 3 is 1.26 bits per heavy atom. The van der Waals surface area contributed by atoms with Crippen molar-refractivity contribution >= 4 is 39.3 Å². The van der Waals surface area contributed by atoms with Crippen LogP contribution in [0.5, 0.6) is 0 Å². The van der Waals surface area contributed by atoms with Crippen molar-refractivity contribution < 1.29 is 4.57 Å². The summed E-state index contributed by atoms with van der Waals surface area (Å²) in [5, 5.41) is 6.53. The molecule has 0 saturated heterocycles. The zero-order chi connectivity index (χ0) is 35.5. The smallest absolute Gasteiger partial charge is 0.164 e. The Morgan fingerprint density at radius 2 is 0.736 bits per heavy atom. The van der Waals surface area contributed by atoms with Gasteiger partial charge in [-0.25, -0.2) is 15.0 Å². The molecule has 1 aliphatic heterocycles. The van der Waals surface area contributed by atoms with E-state index in [0.29, 0.717) is 17.5 Å². The summed E-state index contributed by atoms with van der Waals surface area (Å²) in [6.07, 6.45) is 0. The third-order valence-corrected chi connectivity index (χ3v) is 13.1. The Balaban J connectivity index is 1.12. The van der Waals surface area contributed by atoms with Crippen molar-refractivity contribution in [2.24, 2.45) is 0 Å². The second-order valence-corrected chi connectivity index (χ2v) is 16.4. The zero-order valence-electron chi connectivity index (χ0n) is 28.9. The van der Waals surface area contributed by atoms with E-state index >= 15 is 0 Å². The van der Waals surface area contributed by atoms with Crippen molar-refractivity contribution in [3.8, 4) is 67.5 Å². The lowest BCUT2D eigenvalue weighted by Crippen LogP contribution is -2.08. The molecule has 0 bridgehead atoms. The number of aromatic nitrogens is 3. The molecule has 5 heteroatoms. The molecule has 0 saturated carbocycles. The maximum Gasteiger partial charge on any atom is 0.164 e. The van der Waals surface area contributed by atoms with E-state index in [4.69, 9.17) is 15.0 Å². The van der Waals surface area contributed by atoms with Crippen LogP contribution >= 0.6 is 7.14 Å². The van der Waals surface area contributed by atoms with Crippen molar-refractivity contribution in [1.29, 1.82) is 0 Å². The molecule has 1 aliphatic rings. The van der Waals surface area contributed by atoms with Gasteiger partial charge in [0.05, 0.1) is 0 Å². The third-order valence-electron chi connectivity index (χ3n) is 10.5. The van der Waals surface area contributed by atoms with E-state index in [1.807, 2.05) is 85.5 Å². The van der Waals surface area contributed by atoms with Crippen LogP contribution in [0.4, 0.5) is 0 Å². The summed E-state index contributed by atoms with van der Waals surface area (Å²) in [7, 11) is -2.73. The van der Waals surface area contributed by atoms with E-state index in [1.165, 1.54) is 5.56 Å². The van der Waals surface area contributed by atoms with Crippen LogP contribution in [-0.4, -0.2) is 21.6 Å². The molecule has 9 aromatic rings. The van der Waals surface area contributed by atoms with Gasteiger partial charge in [-0.05, 0) is 67.7 Å². The molecular weight excluding hydrogens is 666 g/mol. The SMILES string of the molecule is CP1(=O)c2ccccc2-c2ccc(-c3c4ccccc4c(-c4ccc(-c5nc(-c6ccccc6)nc(-c6ccccc6)n5)cc4)c4ccccc34)cc21. The molecule has 0 amide bonds. The molecule has 0 radical (unpaired) electrons. The average Bonchev–Trinajstić information content (AvgIpc) is 3.45. The topological polar surface area (TPSA) is 55.7 Å². The quantitative estimate of drug-likeness (QED) is 0.133. The molecule has 0 spiro atoms. The van der Waals surface area contributed by atoms with E-state index in [0.717, 1.165) is 76.7 Å². The van der Waals surface area contributed by atoms with Gasteiger partial charge in [0.1, 0.15) is 7.14 Å². The maximum atomic E-state index is 14.3. The number of fused-ring (bicyclic) bond motifs is 5. The van der Waals surface area contributed by atoms with Crippen molar-refractivity contribution in [3.63, 3.8) is 0 Å². The fraction of sp³-hybridized carbons (Fsp3) is 0.0208. The lowest BCUT2D eigenvalue weighted by Gasteiger charge is -2.19. The summed E-state index contributed by atoms with van der Waals surface area (Å²) >= 11 is 0. The monoisotopic (exact) mass is 697 g/mol. The molecule has 250 valence electrons. The Hall–Kier alpha value is -6.48. The van der Waals surface area contributed by atoms with Crippen molar-refractivity contribution in [2.45, 2.75) is 0 Å². The fourth-order valence-corrected chi connectivity index (χ4v) is 10.3. The first kappa shape index (κ1) is 31.3. The lowest BCUT2D eigenvalue weighted by atomic mass is 9.85. The summed E-state index contributed by atoms with van der Waals surface area (Å²) in [6.45, 7) is 1.91. The van der Waals surface area contributed by atoms with E-state index in [2.05, 4.69) is 97.1 Å². The Labute approximate surface area is 307 Å². The van der Waals surface area contributed by atoms with Gasteiger partial charge in [-0.2, -0.15) is 0 Å². The van der Waals surface area contributed by atoms with Gasteiger partial charge in [0.25, 0.3) is 0 Å². The number of nitrogens with zero attached hydrogens (tertiary/aromatic N) is 3. The summed E-state index contributed by atoms with van der Waals surface area (Å²) in [4.78, 5) is 14.8. The maximum absolute atomic E-state index is 14.3. The molecular formula is C48H32N3OP. The van der Waals surface area contributed by atoms with Crippen LogP contribution < -0.4 is 10.6 Å². The van der Waals surface area contributed by atoms with Crippen molar-refractivity contribution in [3.05, 3.63) is 176 Å². The van der Waals surface area contributed by atoms with E-state index in [1.54, 1.807) is 0 Å². The highest BCUT2D eigenvalue weighted by Crippen LogP contribution is 2.51. The van der Waals surface area contributed by atoms with Crippen molar-refractivity contribution in [1.82, 2.24) is 15.0 Å². The van der Waals surface area contributed by atoms with Gasteiger partial charge < -0.3 is 4.57 Å². The minimum Gasteiger partial charge on any atom is -0.314 e. The number of benzene rings is 8. The highest BCUT2D eigenvalue weighted by Gasteiger charge is 2.34. The minimum atomic E-state index is -2.73. The largest absolute Gasteiger partial charge is 0.314 e. The van der Waals surface area contributed by atoms with Crippen LogP contribution in [0.15, 0.2) is 176 Å². The predicted molar refractivity (Wildman–Crippen MR) is 220 cm³/mol. The molecule has 1 aromatic heterocycles.